The third-order valence-corrected chi connectivity index (χ3v) is 3.06. The monoisotopic (exact) mass is 343 g/mol. The Labute approximate surface area is 145 Å². The SMILES string of the molecule is COc1ccccc1OCC(=O)NCC#CCOc1ccccc1F. The van der Waals surface area contributed by atoms with Gasteiger partial charge >= 0.3 is 0 Å². The fraction of sp³-hybridized carbons (Fsp3) is 0.211. The zero-order chi connectivity index (χ0) is 17.9. The highest BCUT2D eigenvalue weighted by Gasteiger charge is 2.05. The lowest BCUT2D eigenvalue weighted by atomic mass is 10.3. The lowest BCUT2D eigenvalue weighted by Gasteiger charge is -2.09. The van der Waals surface area contributed by atoms with Crippen LogP contribution in [-0.2, 0) is 4.79 Å². The Morgan fingerprint density at radius 3 is 2.40 bits per heavy atom. The molecule has 1 N–H and O–H groups in total. The van der Waals surface area contributed by atoms with Crippen molar-refractivity contribution in [2.24, 2.45) is 0 Å². The van der Waals surface area contributed by atoms with Crippen molar-refractivity contribution in [3.8, 4) is 29.1 Å². The number of ether oxygens (including phenoxy) is 3. The van der Waals surface area contributed by atoms with Crippen molar-refractivity contribution in [1.29, 1.82) is 0 Å². The van der Waals surface area contributed by atoms with Crippen LogP contribution in [0.3, 0.4) is 0 Å². The van der Waals surface area contributed by atoms with Gasteiger partial charge in [-0.25, -0.2) is 4.39 Å². The summed E-state index contributed by atoms with van der Waals surface area (Å²) in [7, 11) is 1.53. The number of amides is 1. The number of rotatable bonds is 7. The van der Waals surface area contributed by atoms with E-state index < -0.39 is 5.82 Å². The first kappa shape index (κ1) is 18.1. The van der Waals surface area contributed by atoms with Gasteiger partial charge in [-0.15, -0.1) is 0 Å². The summed E-state index contributed by atoms with van der Waals surface area (Å²) in [6, 6.07) is 13.1. The number of hydrogen-bond donors (Lipinski definition) is 1. The van der Waals surface area contributed by atoms with Crippen LogP contribution in [0.25, 0.3) is 0 Å². The van der Waals surface area contributed by atoms with E-state index in [0.717, 1.165) is 0 Å². The van der Waals surface area contributed by atoms with E-state index in [9.17, 15) is 9.18 Å². The van der Waals surface area contributed by atoms with Crippen LogP contribution in [0.1, 0.15) is 0 Å². The summed E-state index contributed by atoms with van der Waals surface area (Å²) >= 11 is 0. The molecule has 130 valence electrons. The standard InChI is InChI=1S/C19H18FNO4/c1-23-17-10-4-5-11-18(17)25-14-19(22)21-12-6-7-13-24-16-9-3-2-8-15(16)20/h2-5,8-11H,12-14H2,1H3,(H,21,22). The second-order valence-electron chi connectivity index (χ2n) is 4.79. The summed E-state index contributed by atoms with van der Waals surface area (Å²) < 4.78 is 29.0. The van der Waals surface area contributed by atoms with E-state index in [2.05, 4.69) is 17.2 Å². The van der Waals surface area contributed by atoms with Gasteiger partial charge in [-0.05, 0) is 24.3 Å². The summed E-state index contributed by atoms with van der Waals surface area (Å²) in [5.41, 5.74) is 0. The Bertz CT molecular complexity index is 767. The zero-order valence-corrected chi connectivity index (χ0v) is 13.8. The molecule has 25 heavy (non-hydrogen) atoms. The van der Waals surface area contributed by atoms with Gasteiger partial charge in [-0.3, -0.25) is 4.79 Å². The number of hydrogen-bond acceptors (Lipinski definition) is 4. The molecular formula is C19H18FNO4. The largest absolute Gasteiger partial charge is 0.493 e. The predicted molar refractivity (Wildman–Crippen MR) is 91.2 cm³/mol. The molecule has 0 saturated heterocycles. The molecule has 2 aromatic carbocycles. The highest BCUT2D eigenvalue weighted by Crippen LogP contribution is 2.25. The number of methoxy groups -OCH3 is 1. The van der Waals surface area contributed by atoms with Gasteiger partial charge in [0.25, 0.3) is 5.91 Å². The van der Waals surface area contributed by atoms with Crippen molar-refractivity contribution >= 4 is 5.91 Å². The minimum Gasteiger partial charge on any atom is -0.493 e. The molecule has 0 saturated carbocycles. The Morgan fingerprint density at radius 1 is 1.00 bits per heavy atom. The van der Waals surface area contributed by atoms with Crippen LogP contribution in [-0.4, -0.2) is 32.8 Å². The van der Waals surface area contributed by atoms with Crippen LogP contribution in [0.4, 0.5) is 4.39 Å². The van der Waals surface area contributed by atoms with E-state index in [-0.39, 0.29) is 31.4 Å². The van der Waals surface area contributed by atoms with Crippen LogP contribution >= 0.6 is 0 Å². The molecule has 0 aliphatic heterocycles. The zero-order valence-electron chi connectivity index (χ0n) is 13.8. The van der Waals surface area contributed by atoms with Crippen molar-refractivity contribution in [2.45, 2.75) is 0 Å². The van der Waals surface area contributed by atoms with E-state index in [1.54, 1.807) is 30.3 Å². The van der Waals surface area contributed by atoms with Crippen molar-refractivity contribution in [2.75, 3.05) is 26.9 Å². The lowest BCUT2D eigenvalue weighted by Crippen LogP contribution is -2.29. The average Bonchev–Trinajstić information content (AvgIpc) is 2.64. The number of halogens is 1. The Hall–Kier alpha value is -3.20. The molecule has 0 spiro atoms. The second kappa shape index (κ2) is 9.83. The second-order valence-corrected chi connectivity index (χ2v) is 4.79. The van der Waals surface area contributed by atoms with Gasteiger partial charge in [0.1, 0.15) is 6.61 Å². The maximum absolute atomic E-state index is 13.3. The molecule has 2 rings (SSSR count). The highest BCUT2D eigenvalue weighted by atomic mass is 19.1. The van der Waals surface area contributed by atoms with Crippen molar-refractivity contribution in [1.82, 2.24) is 5.32 Å². The number of nitrogens with one attached hydrogen (secondary N) is 1. The van der Waals surface area contributed by atoms with Crippen molar-refractivity contribution < 1.29 is 23.4 Å². The molecule has 0 bridgehead atoms. The molecule has 2 aromatic rings. The van der Waals surface area contributed by atoms with Crippen LogP contribution in [0.5, 0.6) is 17.2 Å². The first-order chi connectivity index (χ1) is 12.2. The minimum absolute atomic E-state index is 0.0362. The van der Waals surface area contributed by atoms with Gasteiger partial charge in [0.15, 0.2) is 29.7 Å². The number of para-hydroxylation sites is 3. The van der Waals surface area contributed by atoms with E-state index in [4.69, 9.17) is 14.2 Å². The van der Waals surface area contributed by atoms with E-state index in [1.165, 1.54) is 19.2 Å². The molecule has 5 nitrogen and oxygen atoms in total. The van der Waals surface area contributed by atoms with Crippen molar-refractivity contribution in [3.63, 3.8) is 0 Å². The first-order valence-corrected chi connectivity index (χ1v) is 7.56. The molecule has 0 aromatic heterocycles. The summed E-state index contributed by atoms with van der Waals surface area (Å²) in [6.07, 6.45) is 0. The van der Waals surface area contributed by atoms with Crippen LogP contribution in [0.15, 0.2) is 48.5 Å². The Kier molecular flexibility index (Phi) is 7.13. The Balaban J connectivity index is 1.66. The quantitative estimate of drug-likeness (QED) is 0.785. The highest BCUT2D eigenvalue weighted by molar-refractivity contribution is 5.77. The summed E-state index contributed by atoms with van der Waals surface area (Å²) in [5.74, 6) is 5.85. The number of carbonyl (C=O) groups is 1. The molecule has 0 radical (unpaired) electrons. The van der Waals surface area contributed by atoms with Gasteiger partial charge in [-0.2, -0.15) is 0 Å². The fourth-order valence-electron chi connectivity index (χ4n) is 1.86. The molecule has 6 heteroatoms. The molecule has 0 fully saturated rings. The number of carbonyl (C=O) groups excluding carboxylic acids is 1. The maximum atomic E-state index is 13.3. The molecule has 1 amide bonds. The third-order valence-electron chi connectivity index (χ3n) is 3.06. The van der Waals surface area contributed by atoms with E-state index >= 15 is 0 Å². The Morgan fingerprint density at radius 2 is 1.68 bits per heavy atom. The lowest BCUT2D eigenvalue weighted by molar-refractivity contribution is -0.122. The molecule has 0 aliphatic rings. The molecule has 0 heterocycles. The molecular weight excluding hydrogens is 325 g/mol. The van der Waals surface area contributed by atoms with Crippen molar-refractivity contribution in [3.05, 3.63) is 54.3 Å². The van der Waals surface area contributed by atoms with Crippen LogP contribution in [0, 0.1) is 17.7 Å². The van der Waals surface area contributed by atoms with Gasteiger partial charge in [-0.1, -0.05) is 36.1 Å². The molecule has 0 aliphatic carbocycles. The number of benzene rings is 2. The van der Waals surface area contributed by atoms with Gasteiger partial charge in [0.05, 0.1) is 13.7 Å². The van der Waals surface area contributed by atoms with Crippen LogP contribution < -0.4 is 19.5 Å². The minimum atomic E-state index is -0.439. The smallest absolute Gasteiger partial charge is 0.258 e. The normalized spacial score (nSPS) is 9.52. The summed E-state index contributed by atoms with van der Waals surface area (Å²) in [5, 5.41) is 2.59. The first-order valence-electron chi connectivity index (χ1n) is 7.56. The summed E-state index contributed by atoms with van der Waals surface area (Å²) in [6.45, 7) is 0.0387. The topological polar surface area (TPSA) is 56.8 Å². The van der Waals surface area contributed by atoms with E-state index in [0.29, 0.717) is 11.5 Å². The van der Waals surface area contributed by atoms with Gasteiger partial charge in [0.2, 0.25) is 0 Å². The van der Waals surface area contributed by atoms with Crippen LogP contribution in [0.2, 0.25) is 0 Å². The predicted octanol–water partition coefficient (Wildman–Crippen LogP) is 2.41. The van der Waals surface area contributed by atoms with Gasteiger partial charge < -0.3 is 19.5 Å². The summed E-state index contributed by atoms with van der Waals surface area (Å²) in [4.78, 5) is 11.7. The molecule has 0 unspecified atom stereocenters. The third kappa shape index (κ3) is 6.07. The maximum Gasteiger partial charge on any atom is 0.258 e. The molecule has 0 atom stereocenters. The average molecular weight is 343 g/mol. The fourth-order valence-corrected chi connectivity index (χ4v) is 1.86. The van der Waals surface area contributed by atoms with Gasteiger partial charge in [0, 0.05) is 0 Å². The van der Waals surface area contributed by atoms with E-state index in [1.807, 2.05) is 6.07 Å².